The van der Waals surface area contributed by atoms with Crippen molar-refractivity contribution in [2.24, 2.45) is 0 Å². The first-order chi connectivity index (χ1) is 9.03. The van der Waals surface area contributed by atoms with E-state index in [-0.39, 0.29) is 10.8 Å². The van der Waals surface area contributed by atoms with Crippen molar-refractivity contribution < 1.29 is 17.4 Å². The molecule has 19 heavy (non-hydrogen) atoms. The van der Waals surface area contributed by atoms with E-state index in [0.717, 1.165) is 10.3 Å². The Labute approximate surface area is 117 Å². The lowest BCUT2D eigenvalue weighted by molar-refractivity contribution is -0.861. The fraction of sp³-hybridized carbons (Fsp3) is 0.154. The Hall–Kier alpha value is -1.59. The quantitative estimate of drug-likeness (QED) is 0.639. The number of nitrogens with zero attached hydrogens (tertiary/aromatic N) is 1. The molecule has 0 aliphatic heterocycles. The molecule has 1 aromatic heterocycles. The summed E-state index contributed by atoms with van der Waals surface area (Å²) >= 11 is 5.73. The van der Waals surface area contributed by atoms with E-state index in [1.54, 1.807) is 30.3 Å². The summed E-state index contributed by atoms with van der Waals surface area (Å²) < 4.78 is 30.4. The zero-order valence-electron chi connectivity index (χ0n) is 10.3. The highest BCUT2D eigenvalue weighted by molar-refractivity contribution is 7.86. The summed E-state index contributed by atoms with van der Waals surface area (Å²) in [7, 11) is -3.86. The fourth-order valence-corrected chi connectivity index (χ4v) is 2.61. The van der Waals surface area contributed by atoms with E-state index in [1.807, 2.05) is 6.92 Å². The zero-order valence-corrected chi connectivity index (χ0v) is 11.9. The molecule has 4 nitrogen and oxygen atoms in total. The van der Waals surface area contributed by atoms with Gasteiger partial charge in [0.1, 0.15) is 10.8 Å². The van der Waals surface area contributed by atoms with Crippen LogP contribution in [-0.4, -0.2) is 8.42 Å². The van der Waals surface area contributed by atoms with Crippen molar-refractivity contribution in [3.8, 4) is 0 Å². The minimum absolute atomic E-state index is 0.106. The second-order valence-electron chi connectivity index (χ2n) is 3.99. The maximum atomic E-state index is 12.1. The van der Waals surface area contributed by atoms with Crippen LogP contribution in [0.2, 0.25) is 0 Å². The lowest BCUT2D eigenvalue weighted by Gasteiger charge is -2.02. The van der Waals surface area contributed by atoms with Gasteiger partial charge in [0.15, 0.2) is 0 Å². The third-order valence-corrected chi connectivity index (χ3v) is 4.01. The monoisotopic (exact) mass is 298 g/mol. The topological polar surface area (TPSA) is 47.3 Å². The molecular formula is C13H13ClNO3S+. The Morgan fingerprint density at radius 1 is 1.16 bits per heavy atom. The van der Waals surface area contributed by atoms with Gasteiger partial charge in [-0.1, -0.05) is 17.7 Å². The molecule has 2 aromatic rings. The number of halogens is 1. The molecule has 1 heterocycles. The Balaban J connectivity index is 2.34. The van der Waals surface area contributed by atoms with E-state index >= 15 is 0 Å². The number of rotatable bonds is 4. The summed E-state index contributed by atoms with van der Waals surface area (Å²) in [5, 5.41) is 0. The first kappa shape index (κ1) is 13.8. The van der Waals surface area contributed by atoms with E-state index < -0.39 is 10.1 Å². The zero-order chi connectivity index (χ0) is 13.9. The van der Waals surface area contributed by atoms with Crippen LogP contribution in [0.25, 0.3) is 0 Å². The summed E-state index contributed by atoms with van der Waals surface area (Å²) in [4.78, 5) is 0.106. The van der Waals surface area contributed by atoms with Gasteiger partial charge in [-0.2, -0.15) is 8.42 Å². The Morgan fingerprint density at radius 2 is 1.84 bits per heavy atom. The minimum Gasteiger partial charge on any atom is -0.176 e. The van der Waals surface area contributed by atoms with E-state index in [9.17, 15) is 8.42 Å². The lowest BCUT2D eigenvalue weighted by Crippen LogP contribution is -2.48. The number of aromatic nitrogens is 1. The number of hydrogen-bond acceptors (Lipinski definition) is 3. The van der Waals surface area contributed by atoms with Gasteiger partial charge in [0.05, 0.1) is 0 Å². The average Bonchev–Trinajstić information content (AvgIpc) is 2.39. The molecule has 0 amide bonds. The number of hydrogen-bond donors (Lipinski definition) is 0. The van der Waals surface area contributed by atoms with E-state index in [0.29, 0.717) is 5.69 Å². The van der Waals surface area contributed by atoms with Crippen LogP contribution in [0.3, 0.4) is 0 Å². The van der Waals surface area contributed by atoms with Gasteiger partial charge in [-0.05, 0) is 25.1 Å². The van der Waals surface area contributed by atoms with Crippen LogP contribution in [-0.2, 0) is 16.0 Å². The van der Waals surface area contributed by atoms with Crippen LogP contribution in [0.15, 0.2) is 53.6 Å². The van der Waals surface area contributed by atoms with Crippen LogP contribution in [0.1, 0.15) is 11.3 Å². The van der Waals surface area contributed by atoms with Gasteiger partial charge in [0.2, 0.25) is 6.20 Å². The molecule has 0 atom stereocenters. The summed E-state index contributed by atoms with van der Waals surface area (Å²) in [5.41, 5.74) is 1.53. The largest absolute Gasteiger partial charge is 0.396 e. The van der Waals surface area contributed by atoms with Crippen molar-refractivity contribution >= 4 is 21.7 Å². The van der Waals surface area contributed by atoms with Crippen LogP contribution in [0.4, 0.5) is 0 Å². The van der Waals surface area contributed by atoms with Crippen molar-refractivity contribution in [1.29, 1.82) is 0 Å². The second-order valence-corrected chi connectivity index (χ2v) is 5.79. The highest BCUT2D eigenvalue weighted by Crippen LogP contribution is 2.10. The molecule has 0 saturated carbocycles. The normalized spacial score (nSPS) is 11.3. The van der Waals surface area contributed by atoms with E-state index in [4.69, 9.17) is 15.9 Å². The van der Waals surface area contributed by atoms with Gasteiger partial charge in [-0.25, -0.2) is 0 Å². The molecule has 0 fully saturated rings. The molecule has 0 radical (unpaired) electrons. The van der Waals surface area contributed by atoms with Crippen LogP contribution in [0, 0.1) is 6.92 Å². The maximum Gasteiger partial charge on any atom is 0.396 e. The predicted molar refractivity (Wildman–Crippen MR) is 71.1 cm³/mol. The molecule has 100 valence electrons. The van der Waals surface area contributed by atoms with Crippen molar-refractivity contribution in [2.75, 3.05) is 0 Å². The Kier molecular flexibility index (Phi) is 4.07. The van der Waals surface area contributed by atoms with Crippen LogP contribution >= 0.6 is 11.6 Å². The summed E-state index contributed by atoms with van der Waals surface area (Å²) in [6.45, 7) is 1.88. The predicted octanol–water partition coefficient (Wildman–Crippen LogP) is 1.84. The molecular weight excluding hydrogens is 286 g/mol. The van der Waals surface area contributed by atoms with Gasteiger partial charge >= 0.3 is 10.1 Å². The summed E-state index contributed by atoms with van der Waals surface area (Å²) in [6, 6.07) is 11.6. The van der Waals surface area contributed by atoms with Crippen molar-refractivity contribution in [2.45, 2.75) is 17.7 Å². The third-order valence-electron chi connectivity index (χ3n) is 2.53. The molecule has 0 spiro atoms. The first-order valence-electron chi connectivity index (χ1n) is 5.60. The van der Waals surface area contributed by atoms with E-state index in [2.05, 4.69) is 0 Å². The molecule has 0 N–H and O–H groups in total. The van der Waals surface area contributed by atoms with Gasteiger partial charge in [0.25, 0.3) is 5.69 Å². The SMILES string of the molecule is Cc1ccc(S(=O)(=O)O[n+]2ccccc2CCl)cc1. The fourth-order valence-electron chi connectivity index (χ4n) is 1.49. The molecule has 0 aliphatic carbocycles. The van der Waals surface area contributed by atoms with E-state index in [1.165, 1.54) is 18.3 Å². The maximum absolute atomic E-state index is 12.1. The Bertz CT molecular complexity index is 669. The smallest absolute Gasteiger partial charge is 0.176 e. The van der Waals surface area contributed by atoms with Crippen molar-refractivity contribution in [3.05, 3.63) is 59.9 Å². The molecule has 0 saturated heterocycles. The Morgan fingerprint density at radius 3 is 2.47 bits per heavy atom. The second kappa shape index (κ2) is 5.59. The van der Waals surface area contributed by atoms with Gasteiger partial charge in [-0.3, -0.25) is 0 Å². The number of aryl methyl sites for hydroxylation is 1. The summed E-state index contributed by atoms with van der Waals surface area (Å²) in [6.07, 6.45) is 1.50. The first-order valence-corrected chi connectivity index (χ1v) is 7.54. The van der Waals surface area contributed by atoms with Gasteiger partial charge < -0.3 is 0 Å². The minimum atomic E-state index is -3.86. The highest BCUT2D eigenvalue weighted by atomic mass is 35.5. The van der Waals surface area contributed by atoms with Crippen LogP contribution in [0.5, 0.6) is 0 Å². The molecule has 0 bridgehead atoms. The highest BCUT2D eigenvalue weighted by Gasteiger charge is 2.23. The standard InChI is InChI=1S/C13H13ClNO3S/c1-11-5-7-13(8-6-11)19(16,17)18-15-9-3-2-4-12(15)10-14/h2-9H,10H2,1H3/q+1. The number of alkyl halides is 1. The van der Waals surface area contributed by atoms with Gasteiger partial charge in [0, 0.05) is 16.9 Å². The average molecular weight is 299 g/mol. The number of benzene rings is 1. The lowest BCUT2D eigenvalue weighted by atomic mass is 10.2. The molecule has 1 aromatic carbocycles. The summed E-state index contributed by atoms with van der Waals surface area (Å²) in [5.74, 6) is 0.157. The molecule has 2 rings (SSSR count). The molecule has 0 unspecified atom stereocenters. The van der Waals surface area contributed by atoms with Gasteiger partial charge in [-0.15, -0.1) is 15.9 Å². The molecule has 0 aliphatic rings. The third kappa shape index (κ3) is 3.24. The number of pyridine rings is 1. The van der Waals surface area contributed by atoms with Crippen LogP contribution < -0.4 is 9.01 Å². The van der Waals surface area contributed by atoms with Crippen molar-refractivity contribution in [3.63, 3.8) is 0 Å². The molecule has 6 heteroatoms. The van der Waals surface area contributed by atoms with Crippen molar-refractivity contribution in [1.82, 2.24) is 0 Å².